The molecule has 0 bridgehead atoms. The lowest BCUT2D eigenvalue weighted by molar-refractivity contribution is -0.142. The second kappa shape index (κ2) is 13.6. The zero-order valence-corrected chi connectivity index (χ0v) is 29.8. The summed E-state index contributed by atoms with van der Waals surface area (Å²) in [5.41, 5.74) is -1.58. The monoisotopic (exact) mass is 729 g/mol. The molecule has 3 heterocycles. The molecule has 4 N–H and O–H groups in total. The predicted molar refractivity (Wildman–Crippen MR) is 183 cm³/mol. The van der Waals surface area contributed by atoms with Crippen molar-refractivity contribution < 1.29 is 46.6 Å². The molecule has 4 amide bonds. The number of fused-ring (bicyclic) bond motifs is 3. The lowest BCUT2D eigenvalue weighted by Crippen LogP contribution is -2.59. The Morgan fingerprint density at radius 2 is 1.90 bits per heavy atom. The summed E-state index contributed by atoms with van der Waals surface area (Å²) in [7, 11) is -2.57. The van der Waals surface area contributed by atoms with E-state index in [1.54, 1.807) is 26.0 Å². The van der Waals surface area contributed by atoms with Crippen molar-refractivity contribution in [2.75, 3.05) is 13.7 Å². The molecule has 0 unspecified atom stereocenters. The number of sulfonamides is 1. The average Bonchev–Trinajstić information content (AvgIpc) is 3.96. The molecule has 0 radical (unpaired) electrons. The Morgan fingerprint density at radius 3 is 2.59 bits per heavy atom. The number of hydrogen-bond acceptors (Lipinski definition) is 9. The number of halogens is 1. The number of carbonyl (C=O) groups excluding carboxylic acids is 3. The SMILES string of the molecule is COc1ccc2c(O[C@@H]3C[C@H]4C(=O)N[C@]5(C(=O)NS(=O)(=O)C6(C)CC6)C[C@H]5/C=C\CC[C@@H](C)C[C@@H](C)[C@H](NC(=O)O)C(=O)N4C3)ncc(F)c2c1. The smallest absolute Gasteiger partial charge is 0.405 e. The maximum Gasteiger partial charge on any atom is 0.405 e. The zero-order chi connectivity index (χ0) is 36.9. The third-order valence-corrected chi connectivity index (χ3v) is 13.0. The summed E-state index contributed by atoms with van der Waals surface area (Å²) in [5, 5.41) is 15.4. The van der Waals surface area contributed by atoms with Gasteiger partial charge in [0.2, 0.25) is 27.7 Å². The molecule has 2 aromatic rings. The average molecular weight is 730 g/mol. The Labute approximate surface area is 295 Å². The maximum absolute atomic E-state index is 14.8. The number of carbonyl (C=O) groups is 4. The molecule has 1 saturated heterocycles. The van der Waals surface area contributed by atoms with Crippen LogP contribution in [0.25, 0.3) is 10.8 Å². The van der Waals surface area contributed by atoms with Gasteiger partial charge in [-0.3, -0.25) is 19.1 Å². The molecule has 1 aromatic carbocycles. The number of carboxylic acid groups (broad SMARTS) is 1. The molecule has 276 valence electrons. The van der Waals surface area contributed by atoms with Crippen LogP contribution in [0.2, 0.25) is 0 Å². The number of nitrogens with zero attached hydrogens (tertiary/aromatic N) is 2. The van der Waals surface area contributed by atoms with Crippen molar-refractivity contribution in [1.82, 2.24) is 25.2 Å². The Balaban J connectivity index is 1.34. The first-order valence-corrected chi connectivity index (χ1v) is 18.7. The molecule has 51 heavy (non-hydrogen) atoms. The summed E-state index contributed by atoms with van der Waals surface area (Å²) >= 11 is 0. The van der Waals surface area contributed by atoms with Crippen LogP contribution in [0.5, 0.6) is 11.6 Å². The number of hydrogen-bond donors (Lipinski definition) is 4. The predicted octanol–water partition coefficient (Wildman–Crippen LogP) is 3.25. The van der Waals surface area contributed by atoms with Crippen LogP contribution in [0.1, 0.15) is 65.7 Å². The van der Waals surface area contributed by atoms with Crippen molar-refractivity contribution in [3.63, 3.8) is 0 Å². The largest absolute Gasteiger partial charge is 0.497 e. The Bertz CT molecular complexity index is 1890. The van der Waals surface area contributed by atoms with Gasteiger partial charge in [0.1, 0.15) is 35.3 Å². The van der Waals surface area contributed by atoms with Gasteiger partial charge in [0, 0.05) is 23.1 Å². The fraction of sp³-hybridized carbons (Fsp3) is 0.571. The molecule has 4 aliphatic rings. The lowest BCUT2D eigenvalue weighted by atomic mass is 9.88. The van der Waals surface area contributed by atoms with E-state index in [0.717, 1.165) is 6.20 Å². The Morgan fingerprint density at radius 1 is 1.16 bits per heavy atom. The summed E-state index contributed by atoms with van der Waals surface area (Å²) < 4.78 is 53.5. The van der Waals surface area contributed by atoms with E-state index in [1.807, 2.05) is 19.1 Å². The van der Waals surface area contributed by atoms with Gasteiger partial charge in [0.05, 0.1) is 24.6 Å². The van der Waals surface area contributed by atoms with Crippen LogP contribution in [-0.2, 0) is 24.4 Å². The second-order valence-corrected chi connectivity index (χ2v) is 16.9. The second-order valence-electron chi connectivity index (χ2n) is 14.7. The Kier molecular flexibility index (Phi) is 9.67. The maximum atomic E-state index is 14.8. The van der Waals surface area contributed by atoms with Crippen LogP contribution in [0.3, 0.4) is 0 Å². The van der Waals surface area contributed by atoms with Crippen molar-refractivity contribution in [2.45, 2.75) is 94.2 Å². The topological polar surface area (TPSA) is 193 Å². The number of allylic oxidation sites excluding steroid dienone is 1. The first kappa shape index (κ1) is 36.3. The van der Waals surface area contributed by atoms with Gasteiger partial charge in [-0.15, -0.1) is 0 Å². The van der Waals surface area contributed by atoms with Crippen molar-refractivity contribution in [3.8, 4) is 11.6 Å². The van der Waals surface area contributed by atoms with Gasteiger partial charge in [-0.1, -0.05) is 26.0 Å². The van der Waals surface area contributed by atoms with Gasteiger partial charge in [-0.25, -0.2) is 22.6 Å². The zero-order valence-electron chi connectivity index (χ0n) is 29.0. The third kappa shape index (κ3) is 7.19. The number of ether oxygens (including phenoxy) is 2. The van der Waals surface area contributed by atoms with E-state index in [-0.39, 0.29) is 36.6 Å². The molecular weight excluding hydrogens is 685 g/mol. The minimum atomic E-state index is -4.02. The quantitative estimate of drug-likeness (QED) is 0.308. The third-order valence-electron chi connectivity index (χ3n) is 10.8. The summed E-state index contributed by atoms with van der Waals surface area (Å²) in [5.74, 6) is -3.19. The highest BCUT2D eigenvalue weighted by Crippen LogP contribution is 2.47. The molecule has 2 saturated carbocycles. The Hall–Kier alpha value is -4.47. The van der Waals surface area contributed by atoms with Gasteiger partial charge in [-0.2, -0.15) is 0 Å². The molecular formula is C35H44FN5O9S. The number of pyridine rings is 1. The first-order valence-electron chi connectivity index (χ1n) is 17.2. The molecule has 6 rings (SSSR count). The van der Waals surface area contributed by atoms with Crippen molar-refractivity contribution in [1.29, 1.82) is 0 Å². The molecule has 16 heteroatoms. The molecule has 7 atom stereocenters. The van der Waals surface area contributed by atoms with Crippen LogP contribution >= 0.6 is 0 Å². The van der Waals surface area contributed by atoms with Crippen LogP contribution < -0.4 is 24.8 Å². The highest BCUT2D eigenvalue weighted by atomic mass is 32.2. The molecule has 2 aliphatic carbocycles. The van der Waals surface area contributed by atoms with Gasteiger partial charge < -0.3 is 30.1 Å². The van der Waals surface area contributed by atoms with E-state index in [2.05, 4.69) is 20.3 Å². The number of rotatable bonds is 7. The number of amides is 4. The van der Waals surface area contributed by atoms with Crippen molar-refractivity contribution >= 4 is 44.6 Å². The highest BCUT2D eigenvalue weighted by molar-refractivity contribution is 7.91. The van der Waals surface area contributed by atoms with E-state index in [0.29, 0.717) is 43.2 Å². The summed E-state index contributed by atoms with van der Waals surface area (Å²) in [6, 6.07) is 2.27. The van der Waals surface area contributed by atoms with Crippen molar-refractivity contribution in [2.24, 2.45) is 17.8 Å². The number of aromatic nitrogens is 1. The molecule has 14 nitrogen and oxygen atoms in total. The molecule has 3 fully saturated rings. The van der Waals surface area contributed by atoms with Crippen molar-refractivity contribution in [3.05, 3.63) is 42.4 Å². The van der Waals surface area contributed by atoms with E-state index in [1.165, 1.54) is 18.1 Å². The van der Waals surface area contributed by atoms with Gasteiger partial charge in [-0.05, 0) is 75.5 Å². The summed E-state index contributed by atoms with van der Waals surface area (Å²) in [6.07, 6.45) is 5.22. The first-order chi connectivity index (χ1) is 24.1. The fourth-order valence-electron chi connectivity index (χ4n) is 7.27. The number of methoxy groups -OCH3 is 1. The van der Waals surface area contributed by atoms with E-state index < -0.39 is 80.0 Å². The number of benzene rings is 1. The molecule has 1 aromatic heterocycles. The highest BCUT2D eigenvalue weighted by Gasteiger charge is 2.63. The number of nitrogens with one attached hydrogen (secondary N) is 3. The van der Waals surface area contributed by atoms with Crippen LogP contribution in [0.4, 0.5) is 9.18 Å². The van der Waals surface area contributed by atoms with Crippen LogP contribution in [0.15, 0.2) is 36.5 Å². The minimum Gasteiger partial charge on any atom is -0.497 e. The summed E-state index contributed by atoms with van der Waals surface area (Å²) in [6.45, 7) is 5.19. The minimum absolute atomic E-state index is 0.0547. The van der Waals surface area contributed by atoms with E-state index >= 15 is 0 Å². The standard InChI is InChI=1S/C35H44FN5O9S/c1-19-7-5-6-8-21-16-35(21,32(44)40-51(47,48)34(3)11-12-34)39-29(42)27-15-23(18-41(27)31(43)28(20(2)13-19)38-33(45)46)50-30-24-10-9-22(49-4)14-25(24)26(36)17-37-30/h6,8-10,14,17,19-21,23,27-28,38H,5,7,11-13,15-16,18H2,1-4H3,(H,39,42)(H,40,44)(H,45,46)/b8-6-/t19-,20-,21-,23-,27+,28+,35-/m1/s1. The van der Waals surface area contributed by atoms with Crippen LogP contribution in [-0.4, -0.2) is 89.4 Å². The van der Waals surface area contributed by atoms with Crippen LogP contribution in [0, 0.1) is 23.6 Å². The lowest BCUT2D eigenvalue weighted by Gasteiger charge is -2.32. The summed E-state index contributed by atoms with van der Waals surface area (Å²) in [4.78, 5) is 59.7. The van der Waals surface area contributed by atoms with Gasteiger partial charge in [0.25, 0.3) is 5.91 Å². The van der Waals surface area contributed by atoms with E-state index in [9.17, 15) is 37.1 Å². The fourth-order valence-corrected chi connectivity index (χ4v) is 8.58. The van der Waals surface area contributed by atoms with Gasteiger partial charge >= 0.3 is 6.09 Å². The molecule has 0 spiro atoms. The normalized spacial score (nSPS) is 31.2. The van der Waals surface area contributed by atoms with Gasteiger partial charge in [0.15, 0.2) is 0 Å². The van der Waals surface area contributed by atoms with E-state index in [4.69, 9.17) is 9.47 Å². The molecule has 2 aliphatic heterocycles.